The van der Waals surface area contributed by atoms with Crippen LogP contribution in [0.25, 0.3) is 38.6 Å². The van der Waals surface area contributed by atoms with E-state index in [1.54, 1.807) is 0 Å². The second kappa shape index (κ2) is 12.6. The predicted molar refractivity (Wildman–Crippen MR) is 204 cm³/mol. The summed E-state index contributed by atoms with van der Waals surface area (Å²) in [6.45, 7) is 0. The highest BCUT2D eigenvalue weighted by molar-refractivity contribution is 7.19. The lowest BCUT2D eigenvalue weighted by atomic mass is 9.95. The summed E-state index contributed by atoms with van der Waals surface area (Å²) in [6, 6.07) is 64.7. The van der Waals surface area contributed by atoms with E-state index in [-0.39, 0.29) is 0 Å². The van der Waals surface area contributed by atoms with Crippen molar-refractivity contribution in [3.8, 4) is 35.0 Å². The quantitative estimate of drug-likeness (QED) is 0.138. The number of hydrogen-bond donors (Lipinski definition) is 0. The molecule has 0 aliphatic carbocycles. The lowest BCUT2D eigenvalue weighted by Crippen LogP contribution is -2.74. The first-order valence-electron chi connectivity index (χ1n) is 16.4. The van der Waals surface area contributed by atoms with E-state index in [4.69, 9.17) is 0 Å². The van der Waals surface area contributed by atoms with Crippen LogP contribution in [0.5, 0.6) is 0 Å². The van der Waals surface area contributed by atoms with Gasteiger partial charge in [-0.25, -0.2) is 0 Å². The first-order chi connectivity index (χ1) is 24.7. The molecule has 50 heavy (non-hydrogen) atoms. The number of hydrogen-bond acceptors (Lipinski definition) is 3. The molecule has 0 amide bonds. The normalized spacial score (nSPS) is 11.1. The minimum absolute atomic E-state index is 0.455. The van der Waals surface area contributed by atoms with Crippen molar-refractivity contribution in [2.24, 2.45) is 0 Å². The highest BCUT2D eigenvalue weighted by Crippen LogP contribution is 2.35. The Bertz CT molecular complexity index is 2540. The molecule has 0 atom stereocenters. The number of fused-ring (bicyclic) bond motifs is 3. The van der Waals surface area contributed by atoms with Crippen LogP contribution in [0.4, 0.5) is 0 Å². The topological polar surface area (TPSA) is 76.3 Å². The number of benzene rings is 7. The maximum Gasteiger partial charge on any atom is 0.179 e. The van der Waals surface area contributed by atoms with Crippen LogP contribution in [0.2, 0.25) is 0 Å². The second-order valence-corrected chi connectivity index (χ2v) is 16.1. The van der Waals surface area contributed by atoms with E-state index in [0.717, 1.165) is 38.2 Å². The third-order valence-electron chi connectivity index (χ3n) is 9.63. The van der Waals surface area contributed by atoms with Gasteiger partial charge in [0.1, 0.15) is 0 Å². The molecule has 5 heteroatoms. The molecular weight excluding hydrogens is 625 g/mol. The first-order valence-corrected chi connectivity index (χ1v) is 18.4. The summed E-state index contributed by atoms with van der Waals surface area (Å²) < 4.78 is 2.18. The summed E-state index contributed by atoms with van der Waals surface area (Å²) >= 11 is 0. The van der Waals surface area contributed by atoms with Crippen LogP contribution in [-0.2, 0) is 0 Å². The van der Waals surface area contributed by atoms with Gasteiger partial charge in [-0.15, -0.1) is 0 Å². The molecule has 232 valence electrons. The largest absolute Gasteiger partial charge is 0.309 e. The molecule has 0 aliphatic heterocycles. The summed E-state index contributed by atoms with van der Waals surface area (Å²) in [6.07, 6.45) is 0. The Balaban J connectivity index is 1.38. The number of nitrogens with zero attached hydrogens (tertiary/aromatic N) is 4. The van der Waals surface area contributed by atoms with Gasteiger partial charge in [0.25, 0.3) is 0 Å². The second-order valence-electron chi connectivity index (χ2n) is 12.3. The molecule has 0 spiro atoms. The summed E-state index contributed by atoms with van der Waals surface area (Å²) in [7, 11) is -2.97. The van der Waals surface area contributed by atoms with Crippen molar-refractivity contribution in [1.82, 2.24) is 4.57 Å². The van der Waals surface area contributed by atoms with Gasteiger partial charge in [0.2, 0.25) is 0 Å². The number of nitriles is 3. The standard InChI is InChI=1S/C45H28N4Si/c46-29-32-23-24-44-42(25-32)41-21-10-11-22-43(41)49(44)36-14-12-13-33(26-36)45-34(30-47)27-40(28-35(45)31-48)50(37-15-4-1-5-16-37,38-17-6-2-7-18-38)39-19-8-3-9-20-39/h1-28H. The summed E-state index contributed by atoms with van der Waals surface area (Å²) in [4.78, 5) is 0. The molecule has 0 fully saturated rings. The minimum atomic E-state index is -2.97. The number of rotatable bonds is 6. The molecule has 0 radical (unpaired) electrons. The Morgan fingerprint density at radius 3 is 1.52 bits per heavy atom. The first kappa shape index (κ1) is 30.4. The molecule has 8 aromatic rings. The Labute approximate surface area is 291 Å². The molecule has 4 nitrogen and oxygen atoms in total. The fourth-order valence-electron chi connectivity index (χ4n) is 7.53. The highest BCUT2D eigenvalue weighted by atomic mass is 28.3. The summed E-state index contributed by atoms with van der Waals surface area (Å²) in [5.74, 6) is 0. The molecule has 0 unspecified atom stereocenters. The van der Waals surface area contributed by atoms with E-state index in [1.165, 1.54) is 15.6 Å². The van der Waals surface area contributed by atoms with Crippen molar-refractivity contribution in [1.29, 1.82) is 15.8 Å². The number of aromatic nitrogens is 1. The van der Waals surface area contributed by atoms with Crippen LogP contribution in [0.1, 0.15) is 16.7 Å². The predicted octanol–water partition coefficient (Wildman–Crippen LogP) is 7.44. The van der Waals surface area contributed by atoms with Crippen LogP contribution in [0, 0.1) is 34.0 Å². The van der Waals surface area contributed by atoms with Gasteiger partial charge in [-0.2, -0.15) is 15.8 Å². The minimum Gasteiger partial charge on any atom is -0.309 e. The zero-order valence-electron chi connectivity index (χ0n) is 27.0. The molecule has 7 aromatic carbocycles. The summed E-state index contributed by atoms with van der Waals surface area (Å²) in [5.41, 5.74) is 5.80. The van der Waals surface area contributed by atoms with Gasteiger partial charge in [0.05, 0.1) is 45.9 Å². The van der Waals surface area contributed by atoms with Crippen molar-refractivity contribution < 1.29 is 0 Å². The van der Waals surface area contributed by atoms with Gasteiger partial charge in [-0.05, 0) is 74.8 Å². The fraction of sp³-hybridized carbons (Fsp3) is 0. The number of para-hydroxylation sites is 1. The van der Waals surface area contributed by atoms with E-state index in [1.807, 2.05) is 78.9 Å². The molecule has 0 N–H and O–H groups in total. The Kier molecular flexibility index (Phi) is 7.63. The SMILES string of the molecule is N#Cc1ccc2c(c1)c1ccccc1n2-c1cccc(-c2c(C#N)cc([Si](c3ccccc3)(c3ccccc3)c3ccccc3)cc2C#N)c1. The molecule has 1 heterocycles. The van der Waals surface area contributed by atoms with Crippen molar-refractivity contribution in [3.05, 3.63) is 187 Å². The van der Waals surface area contributed by atoms with Gasteiger partial charge < -0.3 is 4.57 Å². The average Bonchev–Trinajstić information content (AvgIpc) is 3.52. The Morgan fingerprint density at radius 2 is 0.960 bits per heavy atom. The monoisotopic (exact) mass is 652 g/mol. The van der Waals surface area contributed by atoms with Crippen LogP contribution < -0.4 is 20.7 Å². The van der Waals surface area contributed by atoms with Gasteiger partial charge >= 0.3 is 0 Å². The smallest absolute Gasteiger partial charge is 0.179 e. The van der Waals surface area contributed by atoms with Crippen LogP contribution >= 0.6 is 0 Å². The van der Waals surface area contributed by atoms with E-state index in [9.17, 15) is 15.8 Å². The third-order valence-corrected chi connectivity index (χ3v) is 14.4. The van der Waals surface area contributed by atoms with Crippen molar-refractivity contribution in [2.45, 2.75) is 0 Å². The molecule has 8 rings (SSSR count). The Hall–Kier alpha value is -6.97. The fourth-order valence-corrected chi connectivity index (χ4v) is 12.3. The maximum absolute atomic E-state index is 10.8. The van der Waals surface area contributed by atoms with E-state index in [0.29, 0.717) is 22.3 Å². The van der Waals surface area contributed by atoms with Crippen molar-refractivity contribution >= 4 is 50.6 Å². The van der Waals surface area contributed by atoms with Crippen LogP contribution in [0.15, 0.2) is 170 Å². The molecule has 1 aromatic heterocycles. The van der Waals surface area contributed by atoms with Crippen molar-refractivity contribution in [2.75, 3.05) is 0 Å². The maximum atomic E-state index is 10.8. The molecule has 0 saturated heterocycles. The highest BCUT2D eigenvalue weighted by Gasteiger charge is 2.42. The Morgan fingerprint density at radius 1 is 0.420 bits per heavy atom. The molecule has 0 bridgehead atoms. The molecule has 0 aliphatic rings. The van der Waals surface area contributed by atoms with Gasteiger partial charge in [0, 0.05) is 22.0 Å². The third kappa shape index (κ3) is 4.80. The van der Waals surface area contributed by atoms with E-state index in [2.05, 4.69) is 114 Å². The summed E-state index contributed by atoms with van der Waals surface area (Å²) in [5, 5.41) is 37.8. The van der Waals surface area contributed by atoms with Gasteiger partial charge in [0.15, 0.2) is 8.07 Å². The van der Waals surface area contributed by atoms with Gasteiger partial charge in [-0.1, -0.05) is 121 Å². The molecular formula is C45H28N4Si. The zero-order chi connectivity index (χ0) is 34.1. The molecule has 0 saturated carbocycles. The van der Waals surface area contributed by atoms with E-state index < -0.39 is 8.07 Å². The lowest BCUT2D eigenvalue weighted by Gasteiger charge is -2.35. The van der Waals surface area contributed by atoms with Crippen LogP contribution in [-0.4, -0.2) is 12.6 Å². The van der Waals surface area contributed by atoms with Crippen LogP contribution in [0.3, 0.4) is 0 Å². The lowest BCUT2D eigenvalue weighted by molar-refractivity contribution is 1.18. The zero-order valence-corrected chi connectivity index (χ0v) is 28.0. The average molecular weight is 653 g/mol. The van der Waals surface area contributed by atoms with Gasteiger partial charge in [-0.3, -0.25) is 0 Å². The van der Waals surface area contributed by atoms with E-state index >= 15 is 0 Å². The van der Waals surface area contributed by atoms with Crippen molar-refractivity contribution in [3.63, 3.8) is 0 Å².